The molecule has 0 radical (unpaired) electrons. The lowest BCUT2D eigenvalue weighted by molar-refractivity contribution is -0.123. The maximum atomic E-state index is 12.7. The molecule has 0 spiro atoms. The van der Waals surface area contributed by atoms with Crippen molar-refractivity contribution in [1.82, 2.24) is 15.3 Å². The fraction of sp³-hybridized carbons (Fsp3) is 0.364. The van der Waals surface area contributed by atoms with Crippen LogP contribution < -0.4 is 16.0 Å². The van der Waals surface area contributed by atoms with Crippen LogP contribution in [0.25, 0.3) is 10.9 Å². The summed E-state index contributed by atoms with van der Waals surface area (Å²) in [6, 6.07) is 9.29. The van der Waals surface area contributed by atoms with Crippen LogP contribution in [-0.2, 0) is 11.2 Å². The van der Waals surface area contributed by atoms with Crippen LogP contribution in [0.5, 0.6) is 0 Å². The molecule has 2 aromatic heterocycles. The highest BCUT2D eigenvalue weighted by Crippen LogP contribution is 2.31. The molecule has 3 aromatic rings. The number of hydrogen-bond donors (Lipinski definition) is 2. The first-order valence-electron chi connectivity index (χ1n) is 10.0. The topological polar surface area (TPSA) is 108 Å². The maximum Gasteiger partial charge on any atom is 0.237 e. The molecule has 7 nitrogen and oxygen atoms in total. The van der Waals surface area contributed by atoms with Crippen LogP contribution in [0.4, 0.5) is 5.69 Å². The summed E-state index contributed by atoms with van der Waals surface area (Å²) >= 11 is 1.50. The summed E-state index contributed by atoms with van der Waals surface area (Å²) in [5.74, 6) is 0.259. The number of anilines is 1. The quantitative estimate of drug-likeness (QED) is 0.656. The van der Waals surface area contributed by atoms with E-state index in [1.54, 1.807) is 11.7 Å². The van der Waals surface area contributed by atoms with E-state index in [-0.39, 0.29) is 11.9 Å². The molecular formula is C22H24N6OS. The second kappa shape index (κ2) is 8.78. The molecule has 0 aliphatic carbocycles. The van der Waals surface area contributed by atoms with Gasteiger partial charge in [0.2, 0.25) is 5.91 Å². The van der Waals surface area contributed by atoms with Gasteiger partial charge < -0.3 is 16.0 Å². The average Bonchev–Trinajstić information content (AvgIpc) is 3.25. The summed E-state index contributed by atoms with van der Waals surface area (Å²) in [6.45, 7) is 3.76. The smallest absolute Gasteiger partial charge is 0.237 e. The highest BCUT2D eigenvalue weighted by Gasteiger charge is 2.28. The third kappa shape index (κ3) is 4.27. The van der Waals surface area contributed by atoms with E-state index in [1.165, 1.54) is 11.3 Å². The van der Waals surface area contributed by atoms with Crippen molar-refractivity contribution in [3.63, 3.8) is 0 Å². The van der Waals surface area contributed by atoms with E-state index < -0.39 is 6.04 Å². The Balaban J connectivity index is 1.51. The summed E-state index contributed by atoms with van der Waals surface area (Å²) < 4.78 is 0. The lowest BCUT2D eigenvalue weighted by atomic mass is 9.94. The summed E-state index contributed by atoms with van der Waals surface area (Å²) in [5, 5.41) is 15.4. The van der Waals surface area contributed by atoms with Gasteiger partial charge in [0, 0.05) is 48.2 Å². The van der Waals surface area contributed by atoms with Gasteiger partial charge in [-0.3, -0.25) is 9.78 Å². The minimum atomic E-state index is -0.613. The van der Waals surface area contributed by atoms with Crippen LogP contribution in [0.1, 0.15) is 24.6 Å². The first kappa shape index (κ1) is 20.3. The molecule has 4 rings (SSSR count). The average molecular weight is 421 g/mol. The fourth-order valence-corrected chi connectivity index (χ4v) is 4.71. The molecule has 1 aromatic carbocycles. The van der Waals surface area contributed by atoms with Crippen molar-refractivity contribution in [1.29, 1.82) is 5.26 Å². The van der Waals surface area contributed by atoms with E-state index in [4.69, 9.17) is 5.73 Å². The number of benzene rings is 1. The van der Waals surface area contributed by atoms with Crippen molar-refractivity contribution in [2.75, 3.05) is 18.0 Å². The molecule has 0 saturated carbocycles. The number of hydrogen-bond acceptors (Lipinski definition) is 7. The second-order valence-corrected chi connectivity index (χ2v) is 8.60. The standard InChI is InChI=1S/C22H24N6OS/c1-14-7-16(27-22(29)19(24)8-17-12-30-13-26-17)11-28(10-14)20-5-4-15(9-23)21-18(20)3-2-6-25-21/h2-6,12-14,16,19H,7-8,10-11,24H2,1H3,(H,27,29)/t14-,16+,19-/m0/s1. The lowest BCUT2D eigenvalue weighted by Gasteiger charge is -2.39. The zero-order valence-corrected chi connectivity index (χ0v) is 17.6. The zero-order chi connectivity index (χ0) is 21.1. The number of piperidine rings is 1. The molecule has 0 unspecified atom stereocenters. The molecule has 1 saturated heterocycles. The largest absolute Gasteiger partial charge is 0.369 e. The molecule has 3 atom stereocenters. The molecular weight excluding hydrogens is 396 g/mol. The van der Waals surface area contributed by atoms with Gasteiger partial charge in [0.25, 0.3) is 0 Å². The van der Waals surface area contributed by atoms with Gasteiger partial charge in [0.1, 0.15) is 6.07 Å². The Morgan fingerprint density at radius 3 is 3.03 bits per heavy atom. The number of amides is 1. The normalized spacial score (nSPS) is 20.0. The van der Waals surface area contributed by atoms with Crippen molar-refractivity contribution in [2.24, 2.45) is 11.7 Å². The fourth-order valence-electron chi connectivity index (χ4n) is 4.14. The van der Waals surface area contributed by atoms with Crippen molar-refractivity contribution in [3.05, 3.63) is 52.6 Å². The lowest BCUT2D eigenvalue weighted by Crippen LogP contribution is -2.54. The van der Waals surface area contributed by atoms with E-state index in [1.807, 2.05) is 29.6 Å². The molecule has 3 N–H and O–H groups in total. The first-order chi connectivity index (χ1) is 14.5. The first-order valence-corrected chi connectivity index (χ1v) is 10.9. The van der Waals surface area contributed by atoms with Crippen LogP contribution >= 0.6 is 11.3 Å². The summed E-state index contributed by atoms with van der Waals surface area (Å²) in [6.07, 6.45) is 3.05. The molecule has 154 valence electrons. The van der Waals surface area contributed by atoms with Crippen molar-refractivity contribution in [3.8, 4) is 6.07 Å². The van der Waals surface area contributed by atoms with E-state index >= 15 is 0 Å². The molecule has 0 bridgehead atoms. The molecule has 1 amide bonds. The van der Waals surface area contributed by atoms with Crippen LogP contribution in [0, 0.1) is 17.2 Å². The Morgan fingerprint density at radius 1 is 1.40 bits per heavy atom. The molecule has 1 aliphatic rings. The predicted molar refractivity (Wildman–Crippen MR) is 118 cm³/mol. The van der Waals surface area contributed by atoms with Crippen LogP contribution in [0.3, 0.4) is 0 Å². The highest BCUT2D eigenvalue weighted by atomic mass is 32.1. The SMILES string of the molecule is C[C@H]1C[C@@H](NC(=O)[C@@H](N)Cc2cscn2)CN(c2ccc(C#N)c3ncccc23)C1. The summed E-state index contributed by atoms with van der Waals surface area (Å²) in [5.41, 5.74) is 11.0. The highest BCUT2D eigenvalue weighted by molar-refractivity contribution is 7.07. The van der Waals surface area contributed by atoms with E-state index in [0.717, 1.165) is 29.7 Å². The summed E-state index contributed by atoms with van der Waals surface area (Å²) in [4.78, 5) is 23.6. The number of nitrogens with one attached hydrogen (secondary N) is 1. The Hall–Kier alpha value is -3.02. The molecule has 30 heavy (non-hydrogen) atoms. The number of nitrogens with zero attached hydrogens (tertiary/aromatic N) is 4. The Kier molecular flexibility index (Phi) is 5.93. The molecule has 1 aliphatic heterocycles. The molecule has 1 fully saturated rings. The number of aromatic nitrogens is 2. The third-order valence-electron chi connectivity index (χ3n) is 5.46. The molecule has 3 heterocycles. The van der Waals surface area contributed by atoms with E-state index in [9.17, 15) is 10.1 Å². The van der Waals surface area contributed by atoms with Gasteiger partial charge in [0.05, 0.1) is 28.3 Å². The van der Waals surface area contributed by atoms with Gasteiger partial charge in [0.15, 0.2) is 0 Å². The zero-order valence-electron chi connectivity index (χ0n) is 16.8. The van der Waals surface area contributed by atoms with Gasteiger partial charge in [-0.25, -0.2) is 4.98 Å². The number of fused-ring (bicyclic) bond motifs is 1. The Labute approximate surface area is 179 Å². The Bertz CT molecular complexity index is 1080. The number of pyridine rings is 1. The van der Waals surface area contributed by atoms with Gasteiger partial charge in [-0.05, 0) is 36.6 Å². The number of rotatable bonds is 5. The number of thiazole rings is 1. The van der Waals surface area contributed by atoms with Gasteiger partial charge in [-0.2, -0.15) is 5.26 Å². The van der Waals surface area contributed by atoms with Crippen molar-refractivity contribution < 1.29 is 4.79 Å². The van der Waals surface area contributed by atoms with Crippen molar-refractivity contribution >= 4 is 33.8 Å². The number of carbonyl (C=O) groups excluding carboxylic acids is 1. The monoisotopic (exact) mass is 420 g/mol. The Morgan fingerprint density at radius 2 is 2.27 bits per heavy atom. The van der Waals surface area contributed by atoms with E-state index in [0.29, 0.717) is 30.0 Å². The summed E-state index contributed by atoms with van der Waals surface area (Å²) in [7, 11) is 0. The van der Waals surface area contributed by atoms with Gasteiger partial charge in [-0.1, -0.05) is 6.92 Å². The number of nitriles is 1. The number of carbonyl (C=O) groups is 1. The third-order valence-corrected chi connectivity index (χ3v) is 6.10. The van der Waals surface area contributed by atoms with Crippen molar-refractivity contribution in [2.45, 2.75) is 31.8 Å². The maximum absolute atomic E-state index is 12.7. The van der Waals surface area contributed by atoms with Crippen LogP contribution in [-0.4, -0.2) is 41.0 Å². The van der Waals surface area contributed by atoms with Gasteiger partial charge >= 0.3 is 0 Å². The minimum Gasteiger partial charge on any atom is -0.369 e. The number of nitrogens with two attached hydrogens (primary N) is 1. The van der Waals surface area contributed by atoms with E-state index in [2.05, 4.69) is 33.2 Å². The van der Waals surface area contributed by atoms with Gasteiger partial charge in [-0.15, -0.1) is 11.3 Å². The second-order valence-electron chi connectivity index (χ2n) is 7.89. The molecule has 8 heteroatoms. The minimum absolute atomic E-state index is 0.00472. The van der Waals surface area contributed by atoms with Crippen LogP contribution in [0.15, 0.2) is 41.4 Å². The van der Waals surface area contributed by atoms with Crippen LogP contribution in [0.2, 0.25) is 0 Å². The predicted octanol–water partition coefficient (Wildman–Crippen LogP) is 2.46.